The highest BCUT2D eigenvalue weighted by atomic mass is 19.1. The number of nitrogens with zero attached hydrogens (tertiary/aromatic N) is 2. The highest BCUT2D eigenvalue weighted by Crippen LogP contribution is 2.28. The molecule has 1 heterocycles. The highest BCUT2D eigenvalue weighted by molar-refractivity contribution is 5.81. The maximum atomic E-state index is 14.0. The Morgan fingerprint density at radius 1 is 1.26 bits per heavy atom. The number of amides is 1. The van der Waals surface area contributed by atoms with Crippen molar-refractivity contribution >= 4 is 17.6 Å². The Morgan fingerprint density at radius 2 is 2.07 bits per heavy atom. The lowest BCUT2D eigenvalue weighted by molar-refractivity contribution is -0.122. The zero-order chi connectivity index (χ0) is 19.2. The minimum Gasteiger partial charge on any atom is -0.367 e. The summed E-state index contributed by atoms with van der Waals surface area (Å²) in [6.07, 6.45) is 2.82. The maximum absolute atomic E-state index is 14.0. The van der Waals surface area contributed by atoms with Gasteiger partial charge in [-0.3, -0.25) is 9.79 Å². The number of anilines is 1. The highest BCUT2D eigenvalue weighted by Gasteiger charge is 2.29. The van der Waals surface area contributed by atoms with Crippen LogP contribution in [0.3, 0.4) is 0 Å². The summed E-state index contributed by atoms with van der Waals surface area (Å²) < 4.78 is 27.1. The number of benzene rings is 1. The standard InChI is InChI=1S/C19H27F2N5O/c1-2-22-19(24-9-8-23-18(27)13-3-4-13)25-15-7-10-26(12-15)17-6-5-14(20)11-16(17)21/h5-6,11,13,15H,2-4,7-10,12H2,1H3,(H,23,27)(H2,22,24,25). The van der Waals surface area contributed by atoms with Gasteiger partial charge >= 0.3 is 0 Å². The zero-order valence-electron chi connectivity index (χ0n) is 15.6. The third kappa shape index (κ3) is 5.55. The zero-order valence-corrected chi connectivity index (χ0v) is 15.6. The largest absolute Gasteiger partial charge is 0.367 e. The summed E-state index contributed by atoms with van der Waals surface area (Å²) in [6, 6.07) is 3.79. The molecule has 1 aliphatic carbocycles. The molecule has 8 heteroatoms. The minimum atomic E-state index is -0.569. The van der Waals surface area contributed by atoms with Crippen LogP contribution in [0.2, 0.25) is 0 Å². The van der Waals surface area contributed by atoms with Crippen LogP contribution < -0.4 is 20.9 Å². The van der Waals surface area contributed by atoms with Crippen molar-refractivity contribution in [2.75, 3.05) is 37.6 Å². The molecule has 1 saturated heterocycles. The number of guanidine groups is 1. The Balaban J connectivity index is 1.49. The molecule has 3 rings (SSSR count). The lowest BCUT2D eigenvalue weighted by atomic mass is 10.2. The fourth-order valence-corrected chi connectivity index (χ4v) is 3.18. The first-order valence-corrected chi connectivity index (χ1v) is 9.59. The van der Waals surface area contributed by atoms with Crippen LogP contribution in [0, 0.1) is 17.6 Å². The molecule has 0 bridgehead atoms. The number of hydrogen-bond donors (Lipinski definition) is 3. The van der Waals surface area contributed by atoms with Crippen LogP contribution in [0.15, 0.2) is 23.2 Å². The number of carbonyl (C=O) groups is 1. The Bertz CT molecular complexity index is 693. The van der Waals surface area contributed by atoms with E-state index in [2.05, 4.69) is 20.9 Å². The van der Waals surface area contributed by atoms with Gasteiger partial charge in [0.05, 0.1) is 12.2 Å². The third-order valence-electron chi connectivity index (χ3n) is 4.75. The van der Waals surface area contributed by atoms with Crippen molar-refractivity contribution in [1.82, 2.24) is 16.0 Å². The maximum Gasteiger partial charge on any atom is 0.223 e. The average molecular weight is 379 g/mol. The van der Waals surface area contributed by atoms with E-state index in [-0.39, 0.29) is 17.9 Å². The molecule has 1 aromatic carbocycles. The van der Waals surface area contributed by atoms with Crippen molar-refractivity contribution in [1.29, 1.82) is 0 Å². The van der Waals surface area contributed by atoms with E-state index < -0.39 is 11.6 Å². The van der Waals surface area contributed by atoms with Gasteiger partial charge in [0, 0.05) is 44.2 Å². The van der Waals surface area contributed by atoms with Gasteiger partial charge in [0.2, 0.25) is 5.91 Å². The molecule has 148 valence electrons. The van der Waals surface area contributed by atoms with Gasteiger partial charge in [0.15, 0.2) is 5.96 Å². The fraction of sp³-hybridized carbons (Fsp3) is 0.579. The van der Waals surface area contributed by atoms with E-state index in [0.29, 0.717) is 37.8 Å². The van der Waals surface area contributed by atoms with Crippen LogP contribution >= 0.6 is 0 Å². The van der Waals surface area contributed by atoms with Crippen molar-refractivity contribution in [2.45, 2.75) is 32.2 Å². The van der Waals surface area contributed by atoms with Crippen LogP contribution in [-0.4, -0.2) is 50.6 Å². The molecule has 0 aromatic heterocycles. The minimum absolute atomic E-state index is 0.119. The number of carbonyl (C=O) groups excluding carboxylic acids is 1. The molecule has 1 saturated carbocycles. The van der Waals surface area contributed by atoms with Crippen LogP contribution in [0.25, 0.3) is 0 Å². The van der Waals surface area contributed by atoms with Crippen molar-refractivity contribution in [2.24, 2.45) is 10.9 Å². The molecule has 3 N–H and O–H groups in total. The number of aliphatic imine (C=N–C) groups is 1. The number of nitrogens with one attached hydrogen (secondary N) is 3. The summed E-state index contributed by atoms with van der Waals surface area (Å²) >= 11 is 0. The molecular formula is C19H27F2N5O. The monoisotopic (exact) mass is 379 g/mol. The van der Waals surface area contributed by atoms with E-state index in [0.717, 1.165) is 31.9 Å². The van der Waals surface area contributed by atoms with Gasteiger partial charge in [-0.05, 0) is 38.3 Å². The summed E-state index contributed by atoms with van der Waals surface area (Å²) in [4.78, 5) is 18.0. The Kier molecular flexibility index (Phi) is 6.47. The molecule has 1 aliphatic heterocycles. The second kappa shape index (κ2) is 9.01. The topological polar surface area (TPSA) is 68.8 Å². The van der Waals surface area contributed by atoms with E-state index in [9.17, 15) is 13.6 Å². The molecule has 0 radical (unpaired) electrons. The summed E-state index contributed by atoms with van der Waals surface area (Å²) in [5.74, 6) is -0.0970. The summed E-state index contributed by atoms with van der Waals surface area (Å²) in [7, 11) is 0. The molecule has 1 amide bonds. The lowest BCUT2D eigenvalue weighted by Crippen LogP contribution is -2.45. The van der Waals surface area contributed by atoms with Gasteiger partial charge in [-0.2, -0.15) is 0 Å². The summed E-state index contributed by atoms with van der Waals surface area (Å²) in [6.45, 7) is 5.03. The van der Waals surface area contributed by atoms with Crippen LogP contribution in [0.1, 0.15) is 26.2 Å². The molecular weight excluding hydrogens is 352 g/mol. The van der Waals surface area contributed by atoms with Crippen molar-refractivity contribution in [3.63, 3.8) is 0 Å². The third-order valence-corrected chi connectivity index (χ3v) is 4.75. The van der Waals surface area contributed by atoms with Crippen molar-refractivity contribution in [3.05, 3.63) is 29.8 Å². The first kappa shape index (κ1) is 19.4. The summed E-state index contributed by atoms with van der Waals surface area (Å²) in [5.41, 5.74) is 0.422. The van der Waals surface area contributed by atoms with Gasteiger partial charge in [0.25, 0.3) is 0 Å². The molecule has 27 heavy (non-hydrogen) atoms. The SMILES string of the molecule is CCNC(=NCCNC(=O)C1CC1)NC1CCN(c2ccc(F)cc2F)C1. The number of hydrogen-bond acceptors (Lipinski definition) is 3. The van der Waals surface area contributed by atoms with Gasteiger partial charge in [-0.15, -0.1) is 0 Å². The summed E-state index contributed by atoms with van der Waals surface area (Å²) in [5, 5.41) is 9.44. The van der Waals surface area contributed by atoms with E-state index in [1.54, 1.807) is 0 Å². The molecule has 2 fully saturated rings. The molecule has 1 unspecified atom stereocenters. The van der Waals surface area contributed by atoms with Crippen LogP contribution in [0.5, 0.6) is 0 Å². The number of rotatable bonds is 7. The van der Waals surface area contributed by atoms with Crippen molar-refractivity contribution in [3.8, 4) is 0 Å². The normalized spacial score (nSPS) is 19.9. The quantitative estimate of drug-likeness (QED) is 0.383. The van der Waals surface area contributed by atoms with Crippen LogP contribution in [-0.2, 0) is 4.79 Å². The van der Waals surface area contributed by atoms with Gasteiger partial charge < -0.3 is 20.9 Å². The predicted molar refractivity (Wildman–Crippen MR) is 102 cm³/mol. The average Bonchev–Trinajstić information content (AvgIpc) is 3.39. The fourth-order valence-electron chi connectivity index (χ4n) is 3.18. The molecule has 6 nitrogen and oxygen atoms in total. The van der Waals surface area contributed by atoms with Gasteiger partial charge in [-0.1, -0.05) is 0 Å². The Labute approximate surface area is 158 Å². The first-order chi connectivity index (χ1) is 13.1. The van der Waals surface area contributed by atoms with Gasteiger partial charge in [-0.25, -0.2) is 8.78 Å². The molecule has 1 aromatic rings. The Hall–Kier alpha value is -2.38. The number of halogens is 2. The predicted octanol–water partition coefficient (Wildman–Crippen LogP) is 1.62. The first-order valence-electron chi connectivity index (χ1n) is 9.59. The lowest BCUT2D eigenvalue weighted by Gasteiger charge is -2.21. The molecule has 0 spiro atoms. The second-order valence-corrected chi connectivity index (χ2v) is 7.00. The van der Waals surface area contributed by atoms with Gasteiger partial charge in [0.1, 0.15) is 11.6 Å². The molecule has 1 atom stereocenters. The smallest absolute Gasteiger partial charge is 0.223 e. The van der Waals surface area contributed by atoms with E-state index in [1.165, 1.54) is 12.1 Å². The molecule has 2 aliphatic rings. The Morgan fingerprint density at radius 3 is 2.78 bits per heavy atom. The van der Waals surface area contributed by atoms with Crippen LogP contribution in [0.4, 0.5) is 14.5 Å². The van der Waals surface area contributed by atoms with Crippen molar-refractivity contribution < 1.29 is 13.6 Å². The van der Waals surface area contributed by atoms with E-state index in [1.807, 2.05) is 11.8 Å². The second-order valence-electron chi connectivity index (χ2n) is 7.00. The van der Waals surface area contributed by atoms with E-state index >= 15 is 0 Å². The van der Waals surface area contributed by atoms with E-state index in [4.69, 9.17) is 0 Å².